The quantitative estimate of drug-likeness (QED) is 0.872. The molecule has 0 amide bonds. The summed E-state index contributed by atoms with van der Waals surface area (Å²) in [6.07, 6.45) is 3.19. The van der Waals surface area contributed by atoms with Gasteiger partial charge in [0.25, 0.3) is 0 Å². The molecule has 1 unspecified atom stereocenters. The van der Waals surface area contributed by atoms with Gasteiger partial charge in [-0.25, -0.2) is 0 Å². The first-order chi connectivity index (χ1) is 8.72. The van der Waals surface area contributed by atoms with E-state index in [-0.39, 0.29) is 12.3 Å². The summed E-state index contributed by atoms with van der Waals surface area (Å²) in [4.78, 5) is 16.2. The number of H-pyrrole nitrogens is 1. The second-order valence-electron chi connectivity index (χ2n) is 4.95. The van der Waals surface area contributed by atoms with Crippen molar-refractivity contribution in [3.8, 4) is 0 Å². The number of rotatable bonds is 3. The second kappa shape index (κ2) is 4.37. The summed E-state index contributed by atoms with van der Waals surface area (Å²) in [5.74, 6) is -0.410. The molecule has 1 saturated heterocycles. The Morgan fingerprint density at radius 3 is 3.17 bits per heavy atom. The molecule has 2 heterocycles. The molecule has 1 aromatic heterocycles. The molecular weight excluding hydrogens is 228 g/mol. The number of carboxylic acid groups (broad SMARTS) is 1. The summed E-state index contributed by atoms with van der Waals surface area (Å²) >= 11 is 0. The Labute approximate surface area is 105 Å². The van der Waals surface area contributed by atoms with Gasteiger partial charge in [-0.1, -0.05) is 0 Å². The largest absolute Gasteiger partial charge is 0.481 e. The van der Waals surface area contributed by atoms with Crippen molar-refractivity contribution >= 4 is 22.6 Å². The third-order valence-electron chi connectivity index (χ3n) is 3.65. The van der Waals surface area contributed by atoms with Gasteiger partial charge in [0.15, 0.2) is 0 Å². The average Bonchev–Trinajstić information content (AvgIpc) is 2.95. The second-order valence-corrected chi connectivity index (χ2v) is 4.95. The number of nitrogens with zero attached hydrogens (tertiary/aromatic N) is 1. The lowest BCUT2D eigenvalue weighted by Crippen LogP contribution is -2.20. The number of nitrogens with one attached hydrogen (secondary N) is 1. The van der Waals surface area contributed by atoms with E-state index in [1.54, 1.807) is 0 Å². The standard InChI is InChI=1S/C14H16N2O2/c17-14(18)7-10-4-6-16(9-10)12-1-2-13-11(8-12)3-5-15-13/h1-3,5,8,10,15H,4,6-7,9H2,(H,17,18). The smallest absolute Gasteiger partial charge is 0.303 e. The van der Waals surface area contributed by atoms with Crippen LogP contribution < -0.4 is 4.90 Å². The van der Waals surface area contributed by atoms with Gasteiger partial charge in [0.05, 0.1) is 0 Å². The van der Waals surface area contributed by atoms with Gasteiger partial charge in [-0.05, 0) is 36.6 Å². The maximum atomic E-state index is 10.7. The van der Waals surface area contributed by atoms with Crippen LogP contribution in [0.3, 0.4) is 0 Å². The fraction of sp³-hybridized carbons (Fsp3) is 0.357. The highest BCUT2D eigenvalue weighted by atomic mass is 16.4. The van der Waals surface area contributed by atoms with E-state index in [1.807, 2.05) is 6.20 Å². The van der Waals surface area contributed by atoms with Crippen molar-refractivity contribution in [1.82, 2.24) is 4.98 Å². The highest BCUT2D eigenvalue weighted by Crippen LogP contribution is 2.28. The van der Waals surface area contributed by atoms with Crippen molar-refractivity contribution in [3.63, 3.8) is 0 Å². The van der Waals surface area contributed by atoms with Crippen LogP contribution in [0.25, 0.3) is 10.9 Å². The highest BCUT2D eigenvalue weighted by Gasteiger charge is 2.24. The van der Waals surface area contributed by atoms with Gasteiger partial charge in [0.2, 0.25) is 0 Å². The predicted molar refractivity (Wildman–Crippen MR) is 70.9 cm³/mol. The van der Waals surface area contributed by atoms with E-state index >= 15 is 0 Å². The number of anilines is 1. The van der Waals surface area contributed by atoms with Crippen molar-refractivity contribution < 1.29 is 9.90 Å². The lowest BCUT2D eigenvalue weighted by Gasteiger charge is -2.18. The van der Waals surface area contributed by atoms with Crippen LogP contribution in [0.5, 0.6) is 0 Å². The molecule has 94 valence electrons. The summed E-state index contributed by atoms with van der Waals surface area (Å²) in [5, 5.41) is 10.0. The number of aromatic amines is 1. The van der Waals surface area contributed by atoms with E-state index in [0.717, 1.165) is 25.0 Å². The number of hydrogen-bond acceptors (Lipinski definition) is 2. The zero-order valence-corrected chi connectivity index (χ0v) is 10.1. The van der Waals surface area contributed by atoms with Gasteiger partial charge in [0, 0.05) is 42.3 Å². The van der Waals surface area contributed by atoms with Crippen molar-refractivity contribution in [2.24, 2.45) is 5.92 Å². The molecule has 3 rings (SSSR count). The van der Waals surface area contributed by atoms with Crippen LogP contribution >= 0.6 is 0 Å². The molecule has 0 saturated carbocycles. The highest BCUT2D eigenvalue weighted by molar-refractivity contribution is 5.83. The summed E-state index contributed by atoms with van der Waals surface area (Å²) in [5.41, 5.74) is 2.33. The number of fused-ring (bicyclic) bond motifs is 1. The van der Waals surface area contributed by atoms with Gasteiger partial charge >= 0.3 is 5.97 Å². The van der Waals surface area contributed by atoms with Crippen molar-refractivity contribution in [1.29, 1.82) is 0 Å². The van der Waals surface area contributed by atoms with E-state index in [9.17, 15) is 4.79 Å². The molecule has 0 aliphatic carbocycles. The predicted octanol–water partition coefficient (Wildman–Crippen LogP) is 2.47. The third kappa shape index (κ3) is 2.06. The van der Waals surface area contributed by atoms with Crippen LogP contribution in [0.2, 0.25) is 0 Å². The topological polar surface area (TPSA) is 56.3 Å². The molecule has 1 aliphatic heterocycles. The molecule has 0 radical (unpaired) electrons. The first-order valence-electron chi connectivity index (χ1n) is 6.26. The van der Waals surface area contributed by atoms with Crippen LogP contribution in [0.15, 0.2) is 30.5 Å². The summed E-state index contributed by atoms with van der Waals surface area (Å²) in [6, 6.07) is 8.40. The summed E-state index contributed by atoms with van der Waals surface area (Å²) in [7, 11) is 0. The minimum absolute atomic E-state index is 0.281. The van der Waals surface area contributed by atoms with Crippen LogP contribution in [-0.2, 0) is 4.79 Å². The molecule has 1 aromatic carbocycles. The Kier molecular flexibility index (Phi) is 2.70. The number of aromatic nitrogens is 1. The maximum absolute atomic E-state index is 10.7. The minimum atomic E-state index is -0.692. The summed E-state index contributed by atoms with van der Waals surface area (Å²) in [6.45, 7) is 1.80. The Balaban J connectivity index is 1.77. The third-order valence-corrected chi connectivity index (χ3v) is 3.65. The Morgan fingerprint density at radius 1 is 1.44 bits per heavy atom. The number of carboxylic acids is 1. The van der Waals surface area contributed by atoms with Crippen molar-refractivity contribution in [2.45, 2.75) is 12.8 Å². The van der Waals surface area contributed by atoms with Crippen molar-refractivity contribution in [2.75, 3.05) is 18.0 Å². The Hall–Kier alpha value is -1.97. The number of benzene rings is 1. The molecule has 1 aliphatic rings. The van der Waals surface area contributed by atoms with Gasteiger partial charge in [-0.15, -0.1) is 0 Å². The van der Waals surface area contributed by atoms with Crippen LogP contribution in [0.4, 0.5) is 5.69 Å². The first kappa shape index (κ1) is 11.1. The van der Waals surface area contributed by atoms with Gasteiger partial charge in [-0.2, -0.15) is 0 Å². The Bertz CT molecular complexity index is 576. The van der Waals surface area contributed by atoms with Crippen molar-refractivity contribution in [3.05, 3.63) is 30.5 Å². The normalized spacial score (nSPS) is 19.6. The first-order valence-corrected chi connectivity index (χ1v) is 6.26. The number of carbonyl (C=O) groups is 1. The monoisotopic (exact) mass is 244 g/mol. The van der Waals surface area contributed by atoms with Gasteiger partial charge in [0.1, 0.15) is 0 Å². The van der Waals surface area contributed by atoms with E-state index < -0.39 is 5.97 Å². The molecule has 0 spiro atoms. The van der Waals surface area contributed by atoms with Crippen LogP contribution in [0, 0.1) is 5.92 Å². The summed E-state index contributed by atoms with van der Waals surface area (Å²) < 4.78 is 0. The van der Waals surface area contributed by atoms with E-state index in [0.29, 0.717) is 0 Å². The van der Waals surface area contributed by atoms with E-state index in [2.05, 4.69) is 34.1 Å². The fourth-order valence-electron chi connectivity index (χ4n) is 2.72. The SMILES string of the molecule is O=C(O)CC1CCN(c2ccc3[nH]ccc3c2)C1. The molecular formula is C14H16N2O2. The zero-order chi connectivity index (χ0) is 12.5. The number of hydrogen-bond donors (Lipinski definition) is 2. The zero-order valence-electron chi connectivity index (χ0n) is 10.1. The molecule has 0 bridgehead atoms. The van der Waals surface area contributed by atoms with Crippen LogP contribution in [0.1, 0.15) is 12.8 Å². The lowest BCUT2D eigenvalue weighted by atomic mass is 10.1. The van der Waals surface area contributed by atoms with Gasteiger partial charge in [-0.3, -0.25) is 4.79 Å². The molecule has 1 fully saturated rings. The minimum Gasteiger partial charge on any atom is -0.481 e. The maximum Gasteiger partial charge on any atom is 0.303 e. The van der Waals surface area contributed by atoms with Crippen LogP contribution in [-0.4, -0.2) is 29.1 Å². The van der Waals surface area contributed by atoms with Gasteiger partial charge < -0.3 is 15.0 Å². The molecule has 4 nitrogen and oxygen atoms in total. The lowest BCUT2D eigenvalue weighted by molar-refractivity contribution is -0.137. The molecule has 2 aromatic rings. The molecule has 1 atom stereocenters. The van der Waals surface area contributed by atoms with E-state index in [1.165, 1.54) is 11.1 Å². The number of aliphatic carboxylic acids is 1. The fourth-order valence-corrected chi connectivity index (χ4v) is 2.72. The Morgan fingerprint density at radius 2 is 2.33 bits per heavy atom. The molecule has 18 heavy (non-hydrogen) atoms. The molecule has 2 N–H and O–H groups in total. The molecule has 4 heteroatoms. The average molecular weight is 244 g/mol. The van der Waals surface area contributed by atoms with E-state index in [4.69, 9.17) is 5.11 Å².